The molecule has 0 amide bonds. The minimum atomic E-state index is -1.35. The summed E-state index contributed by atoms with van der Waals surface area (Å²) in [6.45, 7) is 7.99. The van der Waals surface area contributed by atoms with Gasteiger partial charge in [0.25, 0.3) is 0 Å². The second-order valence-electron chi connectivity index (χ2n) is 8.08. The molecule has 0 atom stereocenters. The molecule has 0 bridgehead atoms. The van der Waals surface area contributed by atoms with Crippen LogP contribution in [0.2, 0.25) is 25.2 Å². The second kappa shape index (κ2) is 14.2. The Morgan fingerprint density at radius 2 is 1.00 bits per heavy atom. The predicted molar refractivity (Wildman–Crippen MR) is 154 cm³/mol. The summed E-state index contributed by atoms with van der Waals surface area (Å²) >= 11 is 28.4. The van der Waals surface area contributed by atoms with E-state index in [1.807, 2.05) is 19.9 Å². The van der Waals surface area contributed by atoms with Crippen LogP contribution < -0.4 is 5.46 Å². The van der Waals surface area contributed by atoms with Gasteiger partial charge < -0.3 is 10.0 Å². The van der Waals surface area contributed by atoms with Crippen LogP contribution in [0.1, 0.15) is 22.3 Å². The van der Waals surface area contributed by atoms with Crippen LogP contribution in [0.5, 0.6) is 0 Å². The molecule has 2 aromatic carbocycles. The lowest BCUT2D eigenvalue weighted by Gasteiger charge is -2.05. The molecule has 4 aromatic rings. The summed E-state index contributed by atoms with van der Waals surface area (Å²) in [5.41, 5.74) is 6.99. The highest BCUT2D eigenvalue weighted by atomic mass is 35.5. The van der Waals surface area contributed by atoms with E-state index < -0.39 is 7.12 Å². The van der Waals surface area contributed by atoms with E-state index >= 15 is 0 Å². The van der Waals surface area contributed by atoms with Crippen molar-refractivity contribution in [3.8, 4) is 11.3 Å². The first kappa shape index (κ1) is 30.4. The number of hydrogen-bond donors (Lipinski definition) is 2. The van der Waals surface area contributed by atoms with Gasteiger partial charge in [0.15, 0.2) is 0 Å². The largest absolute Gasteiger partial charge is 0.488 e. The molecule has 188 valence electrons. The number of benzene rings is 2. The lowest BCUT2D eigenvalue weighted by atomic mass is 9.79. The molecule has 0 aliphatic rings. The van der Waals surface area contributed by atoms with Crippen molar-refractivity contribution in [2.75, 3.05) is 0 Å². The molecule has 2 aromatic heterocycles. The predicted octanol–water partition coefficient (Wildman–Crippen LogP) is 7.70. The highest BCUT2D eigenvalue weighted by Gasteiger charge is 2.10. The SMILES string of the molecule is Cc1cc(C)cc(-c2cc(Cl)c(Cl)cn2)c1.Cc1cc(C)cc(B(O)O)c1.Clc1cc(Cl)c(Cl)cn1. The molecule has 0 aliphatic carbocycles. The molecule has 4 rings (SSSR count). The standard InChI is InChI=1S/C13H11Cl2N.C8H11BO2.C5H2Cl3N/c1-8-3-9(2)5-10(4-8)13-6-11(14)12(15)7-16-13;1-6-3-7(2)5-8(4-6)9(10)11;6-3-1-5(8)9-2-4(3)7/h3-7H,1-2H3;3-5,10-11H,1-2H3;1-2H. The van der Waals surface area contributed by atoms with Gasteiger partial charge in [-0.2, -0.15) is 0 Å². The zero-order valence-electron chi connectivity index (χ0n) is 20.0. The van der Waals surface area contributed by atoms with Gasteiger partial charge in [-0.15, -0.1) is 0 Å². The van der Waals surface area contributed by atoms with Crippen LogP contribution in [0.4, 0.5) is 0 Å². The highest BCUT2D eigenvalue weighted by Crippen LogP contribution is 2.27. The van der Waals surface area contributed by atoms with Crippen molar-refractivity contribution in [2.45, 2.75) is 27.7 Å². The van der Waals surface area contributed by atoms with Gasteiger partial charge in [-0.1, -0.05) is 105 Å². The third-order valence-corrected chi connectivity index (χ3v) is 6.27. The van der Waals surface area contributed by atoms with Gasteiger partial charge in [0.05, 0.1) is 25.8 Å². The fraction of sp³-hybridized carbons (Fsp3) is 0.154. The van der Waals surface area contributed by atoms with E-state index in [1.165, 1.54) is 23.4 Å². The number of rotatable bonds is 2. The van der Waals surface area contributed by atoms with E-state index in [-0.39, 0.29) is 0 Å². The maximum atomic E-state index is 8.83. The summed E-state index contributed by atoms with van der Waals surface area (Å²) in [7, 11) is -1.35. The zero-order chi connectivity index (χ0) is 27.0. The fourth-order valence-corrected chi connectivity index (χ4v) is 3.97. The molecule has 0 unspecified atom stereocenters. The molecule has 0 fully saturated rings. The Labute approximate surface area is 237 Å². The second-order valence-corrected chi connectivity index (χ2v) is 10.1. The van der Waals surface area contributed by atoms with Crippen LogP contribution in [-0.4, -0.2) is 27.1 Å². The summed E-state index contributed by atoms with van der Waals surface area (Å²) in [5, 5.41) is 19.9. The van der Waals surface area contributed by atoms with Crippen molar-refractivity contribution < 1.29 is 10.0 Å². The summed E-state index contributed by atoms with van der Waals surface area (Å²) in [5.74, 6) is 0. The number of halogens is 5. The van der Waals surface area contributed by atoms with E-state index in [4.69, 9.17) is 68.1 Å². The van der Waals surface area contributed by atoms with Crippen molar-refractivity contribution >= 4 is 70.6 Å². The molecule has 0 spiro atoms. The van der Waals surface area contributed by atoms with Crippen LogP contribution in [0.25, 0.3) is 11.3 Å². The summed E-state index contributed by atoms with van der Waals surface area (Å²) in [6.07, 6.45) is 2.99. The van der Waals surface area contributed by atoms with Crippen molar-refractivity contribution in [1.29, 1.82) is 0 Å². The quantitative estimate of drug-likeness (QED) is 0.187. The van der Waals surface area contributed by atoms with Gasteiger partial charge in [0.2, 0.25) is 0 Å². The van der Waals surface area contributed by atoms with E-state index in [2.05, 4.69) is 42.0 Å². The molecule has 4 nitrogen and oxygen atoms in total. The van der Waals surface area contributed by atoms with Gasteiger partial charge in [0.1, 0.15) is 5.15 Å². The summed E-state index contributed by atoms with van der Waals surface area (Å²) < 4.78 is 0. The van der Waals surface area contributed by atoms with Gasteiger partial charge in [0, 0.05) is 18.0 Å². The average molecular weight is 585 g/mol. The first-order valence-corrected chi connectivity index (χ1v) is 12.5. The van der Waals surface area contributed by atoms with Crippen LogP contribution in [0.15, 0.2) is 60.9 Å². The molecule has 2 heterocycles. The Morgan fingerprint density at radius 3 is 1.42 bits per heavy atom. The lowest BCUT2D eigenvalue weighted by Crippen LogP contribution is -2.30. The Balaban J connectivity index is 0.000000200. The topological polar surface area (TPSA) is 66.2 Å². The molecule has 0 aliphatic heterocycles. The monoisotopic (exact) mass is 582 g/mol. The highest BCUT2D eigenvalue weighted by molar-refractivity contribution is 6.58. The van der Waals surface area contributed by atoms with Crippen LogP contribution in [-0.2, 0) is 0 Å². The summed E-state index contributed by atoms with van der Waals surface area (Å²) in [6, 6.07) is 15.1. The number of aryl methyl sites for hydroxylation is 4. The first-order chi connectivity index (χ1) is 16.8. The third-order valence-electron chi connectivity index (χ3n) is 4.64. The Bertz CT molecular complexity index is 1300. The maximum absolute atomic E-state index is 8.83. The van der Waals surface area contributed by atoms with Crippen molar-refractivity contribution in [1.82, 2.24) is 9.97 Å². The molecule has 0 saturated carbocycles. The normalized spacial score (nSPS) is 10.1. The Hall–Kier alpha value is -1.83. The van der Waals surface area contributed by atoms with Gasteiger partial charge in [-0.05, 0) is 57.4 Å². The molecule has 10 heteroatoms. The third kappa shape index (κ3) is 9.91. The Kier molecular flexibility index (Phi) is 12.0. The summed E-state index contributed by atoms with van der Waals surface area (Å²) in [4.78, 5) is 7.96. The fourth-order valence-electron chi connectivity index (χ4n) is 3.24. The first-order valence-electron chi connectivity index (χ1n) is 10.7. The van der Waals surface area contributed by atoms with Gasteiger partial charge in [-0.3, -0.25) is 4.98 Å². The van der Waals surface area contributed by atoms with E-state index in [1.54, 1.807) is 24.4 Å². The van der Waals surface area contributed by atoms with E-state index in [0.29, 0.717) is 30.7 Å². The zero-order valence-corrected chi connectivity index (χ0v) is 23.8. The van der Waals surface area contributed by atoms with E-state index in [9.17, 15) is 0 Å². The average Bonchev–Trinajstić information content (AvgIpc) is 2.78. The smallest absolute Gasteiger partial charge is 0.423 e. The minimum absolute atomic E-state index is 0.351. The minimum Gasteiger partial charge on any atom is -0.423 e. The van der Waals surface area contributed by atoms with Crippen LogP contribution in [0.3, 0.4) is 0 Å². The Morgan fingerprint density at radius 1 is 0.556 bits per heavy atom. The molecular formula is C26H24BCl5N2O2. The molecule has 0 saturated heterocycles. The van der Waals surface area contributed by atoms with Gasteiger partial charge >= 0.3 is 7.12 Å². The van der Waals surface area contributed by atoms with Crippen molar-refractivity contribution in [3.63, 3.8) is 0 Å². The molecule has 36 heavy (non-hydrogen) atoms. The molecule has 0 radical (unpaired) electrons. The van der Waals surface area contributed by atoms with Gasteiger partial charge in [-0.25, -0.2) is 4.98 Å². The number of hydrogen-bond acceptors (Lipinski definition) is 4. The number of pyridine rings is 2. The van der Waals surface area contributed by atoms with Crippen molar-refractivity contribution in [3.05, 3.63) is 108 Å². The van der Waals surface area contributed by atoms with E-state index in [0.717, 1.165) is 22.4 Å². The van der Waals surface area contributed by atoms with Crippen molar-refractivity contribution in [2.24, 2.45) is 0 Å². The number of nitrogens with zero attached hydrogens (tertiary/aromatic N) is 2. The lowest BCUT2D eigenvalue weighted by molar-refractivity contribution is 0.425. The molecule has 2 N–H and O–H groups in total. The number of aromatic nitrogens is 2. The molecular weight excluding hydrogens is 560 g/mol. The van der Waals surface area contributed by atoms with Crippen LogP contribution >= 0.6 is 58.0 Å². The van der Waals surface area contributed by atoms with Crippen LogP contribution in [0, 0.1) is 27.7 Å². The maximum Gasteiger partial charge on any atom is 0.488 e.